The Kier molecular flexibility index (Phi) is 9.97. The van der Waals surface area contributed by atoms with Crippen LogP contribution in [0.25, 0.3) is 0 Å². The van der Waals surface area contributed by atoms with Crippen LogP contribution in [0.5, 0.6) is 11.5 Å². The molecule has 1 saturated heterocycles. The fraction of sp³-hybridized carbons (Fsp3) is 0.611. The Balaban J connectivity index is 0.00000338. The van der Waals surface area contributed by atoms with E-state index >= 15 is 0 Å². The van der Waals surface area contributed by atoms with E-state index in [1.54, 1.807) is 26.1 Å². The summed E-state index contributed by atoms with van der Waals surface area (Å²) in [7, 11) is 1.77. The third-order valence-electron chi connectivity index (χ3n) is 4.27. The molecular formula is C18H28F2IN3O2. The second-order valence-electron chi connectivity index (χ2n) is 6.16. The largest absolute Gasteiger partial charge is 0.490 e. The number of hydrogen-bond donors (Lipinski definition) is 1. The molecule has 1 aliphatic heterocycles. The third kappa shape index (κ3) is 6.77. The Labute approximate surface area is 171 Å². The van der Waals surface area contributed by atoms with Crippen LogP contribution in [-0.2, 0) is 6.54 Å². The van der Waals surface area contributed by atoms with Crippen LogP contribution in [0.15, 0.2) is 23.2 Å². The number of nitrogens with zero attached hydrogens (tertiary/aromatic N) is 2. The first-order chi connectivity index (χ1) is 12.0. The summed E-state index contributed by atoms with van der Waals surface area (Å²) in [5.41, 5.74) is 0.914. The summed E-state index contributed by atoms with van der Waals surface area (Å²) in [5, 5.41) is 3.33. The van der Waals surface area contributed by atoms with Gasteiger partial charge in [0, 0.05) is 26.7 Å². The van der Waals surface area contributed by atoms with E-state index in [-0.39, 0.29) is 29.7 Å². The molecule has 0 amide bonds. The topological polar surface area (TPSA) is 46.1 Å². The van der Waals surface area contributed by atoms with Crippen molar-refractivity contribution in [1.29, 1.82) is 0 Å². The number of aliphatic imine (C=N–C) groups is 1. The first-order valence-corrected chi connectivity index (χ1v) is 8.69. The number of piperidine rings is 1. The molecule has 0 saturated carbocycles. The number of hydrogen-bond acceptors (Lipinski definition) is 3. The predicted molar refractivity (Wildman–Crippen MR) is 110 cm³/mol. The van der Waals surface area contributed by atoms with Crippen LogP contribution in [0.4, 0.5) is 8.78 Å². The molecule has 0 aromatic heterocycles. The highest BCUT2D eigenvalue weighted by molar-refractivity contribution is 14.0. The molecule has 0 spiro atoms. The fourth-order valence-electron chi connectivity index (χ4n) is 2.86. The van der Waals surface area contributed by atoms with Crippen molar-refractivity contribution in [3.63, 3.8) is 0 Å². The Morgan fingerprint density at radius 1 is 1.31 bits per heavy atom. The molecule has 1 heterocycles. The van der Waals surface area contributed by atoms with Gasteiger partial charge in [0.1, 0.15) is 0 Å². The SMILES string of the molecule is CCOc1cc(CNC(=NC)N2CCC(C)CC2)ccc1OC(F)F.I. The number of guanidine groups is 1. The molecule has 0 bridgehead atoms. The van der Waals surface area contributed by atoms with E-state index in [4.69, 9.17) is 4.74 Å². The molecule has 5 nitrogen and oxygen atoms in total. The molecule has 1 aromatic carbocycles. The smallest absolute Gasteiger partial charge is 0.387 e. The van der Waals surface area contributed by atoms with Crippen LogP contribution >= 0.6 is 24.0 Å². The maximum atomic E-state index is 12.5. The lowest BCUT2D eigenvalue weighted by atomic mass is 9.99. The van der Waals surface area contributed by atoms with Gasteiger partial charge in [0.15, 0.2) is 17.5 Å². The molecule has 1 N–H and O–H groups in total. The summed E-state index contributed by atoms with van der Waals surface area (Å²) in [4.78, 5) is 6.59. The van der Waals surface area contributed by atoms with E-state index in [2.05, 4.69) is 26.9 Å². The van der Waals surface area contributed by atoms with Gasteiger partial charge in [0.2, 0.25) is 0 Å². The van der Waals surface area contributed by atoms with E-state index in [0.29, 0.717) is 18.9 Å². The second kappa shape index (κ2) is 11.4. The first kappa shape index (κ1) is 22.7. The standard InChI is InChI=1S/C18H27F2N3O2.HI/c1-4-24-16-11-14(5-6-15(16)25-17(19)20)12-22-18(21-3)23-9-7-13(2)8-10-23;/h5-6,11,13,17H,4,7-10,12H2,1-3H3,(H,21,22);1H. The van der Waals surface area contributed by atoms with Crippen molar-refractivity contribution in [1.82, 2.24) is 10.2 Å². The fourth-order valence-corrected chi connectivity index (χ4v) is 2.86. The van der Waals surface area contributed by atoms with Gasteiger partial charge < -0.3 is 19.7 Å². The van der Waals surface area contributed by atoms with E-state index in [1.165, 1.54) is 6.07 Å². The minimum atomic E-state index is -2.87. The minimum absolute atomic E-state index is 0. The monoisotopic (exact) mass is 483 g/mol. The number of benzene rings is 1. The molecule has 26 heavy (non-hydrogen) atoms. The van der Waals surface area contributed by atoms with Crippen molar-refractivity contribution in [2.45, 2.75) is 39.8 Å². The Morgan fingerprint density at radius 3 is 2.58 bits per heavy atom. The lowest BCUT2D eigenvalue weighted by molar-refractivity contribution is -0.0514. The zero-order chi connectivity index (χ0) is 18.2. The summed E-state index contributed by atoms with van der Waals surface area (Å²) in [6, 6.07) is 4.98. The zero-order valence-corrected chi connectivity index (χ0v) is 17.8. The normalized spacial score (nSPS) is 15.6. The van der Waals surface area contributed by atoms with Crippen molar-refractivity contribution in [3.8, 4) is 11.5 Å². The van der Waals surface area contributed by atoms with Gasteiger partial charge in [-0.15, -0.1) is 24.0 Å². The molecule has 0 radical (unpaired) electrons. The van der Waals surface area contributed by atoms with Gasteiger partial charge in [-0.25, -0.2) is 0 Å². The minimum Gasteiger partial charge on any atom is -0.490 e. The summed E-state index contributed by atoms with van der Waals surface area (Å²) in [6.07, 6.45) is 2.32. The molecule has 1 aliphatic rings. The van der Waals surface area contributed by atoms with Crippen LogP contribution in [0.3, 0.4) is 0 Å². The molecule has 8 heteroatoms. The van der Waals surface area contributed by atoms with Gasteiger partial charge in [-0.3, -0.25) is 4.99 Å². The molecule has 0 atom stereocenters. The van der Waals surface area contributed by atoms with E-state index in [0.717, 1.165) is 43.4 Å². The quantitative estimate of drug-likeness (QED) is 0.376. The molecule has 148 valence electrons. The maximum absolute atomic E-state index is 12.5. The van der Waals surface area contributed by atoms with Crippen LogP contribution in [0.2, 0.25) is 0 Å². The van der Waals surface area contributed by atoms with Crippen molar-refractivity contribution in [3.05, 3.63) is 23.8 Å². The average molecular weight is 483 g/mol. The van der Waals surface area contributed by atoms with Gasteiger partial charge in [0.05, 0.1) is 6.61 Å². The highest BCUT2D eigenvalue weighted by atomic mass is 127. The Bertz CT molecular complexity index is 580. The number of likely N-dealkylation sites (tertiary alicyclic amines) is 1. The number of nitrogens with one attached hydrogen (secondary N) is 1. The van der Waals surface area contributed by atoms with Crippen molar-refractivity contribution >= 4 is 29.9 Å². The summed E-state index contributed by atoms with van der Waals surface area (Å²) < 4.78 is 34.8. The van der Waals surface area contributed by atoms with Crippen LogP contribution in [0, 0.1) is 5.92 Å². The Hall–Kier alpha value is -1.32. The predicted octanol–water partition coefficient (Wildman–Crippen LogP) is 4.11. The first-order valence-electron chi connectivity index (χ1n) is 8.69. The van der Waals surface area contributed by atoms with E-state index in [9.17, 15) is 8.78 Å². The van der Waals surface area contributed by atoms with Gasteiger partial charge >= 0.3 is 6.61 Å². The summed E-state index contributed by atoms with van der Waals surface area (Å²) in [6.45, 7) is 4.10. The Morgan fingerprint density at radius 2 is 2.00 bits per heavy atom. The number of alkyl halides is 2. The highest BCUT2D eigenvalue weighted by Crippen LogP contribution is 2.30. The van der Waals surface area contributed by atoms with Crippen LogP contribution in [0.1, 0.15) is 32.3 Å². The van der Waals surface area contributed by atoms with Gasteiger partial charge in [-0.05, 0) is 43.4 Å². The maximum Gasteiger partial charge on any atom is 0.387 e. The van der Waals surface area contributed by atoms with Crippen molar-refractivity contribution < 1.29 is 18.3 Å². The van der Waals surface area contributed by atoms with Crippen LogP contribution < -0.4 is 14.8 Å². The zero-order valence-electron chi connectivity index (χ0n) is 15.5. The number of halogens is 3. The molecule has 2 rings (SSSR count). The lowest BCUT2D eigenvalue weighted by Gasteiger charge is -2.33. The van der Waals surface area contributed by atoms with Crippen LogP contribution in [-0.4, -0.2) is 44.2 Å². The summed E-state index contributed by atoms with van der Waals surface area (Å²) in [5.74, 6) is 1.99. The lowest BCUT2D eigenvalue weighted by Crippen LogP contribution is -2.45. The van der Waals surface area contributed by atoms with Crippen molar-refractivity contribution in [2.75, 3.05) is 26.7 Å². The number of ether oxygens (including phenoxy) is 2. The number of rotatable bonds is 6. The van der Waals surface area contributed by atoms with Crippen molar-refractivity contribution in [2.24, 2.45) is 10.9 Å². The molecule has 1 aromatic rings. The van der Waals surface area contributed by atoms with E-state index in [1.807, 2.05) is 0 Å². The van der Waals surface area contributed by atoms with Gasteiger partial charge in [-0.2, -0.15) is 8.78 Å². The molecular weight excluding hydrogens is 455 g/mol. The third-order valence-corrected chi connectivity index (χ3v) is 4.27. The van der Waals surface area contributed by atoms with Gasteiger partial charge in [0.25, 0.3) is 0 Å². The van der Waals surface area contributed by atoms with Gasteiger partial charge in [-0.1, -0.05) is 13.0 Å². The second-order valence-corrected chi connectivity index (χ2v) is 6.16. The average Bonchev–Trinajstić information content (AvgIpc) is 2.59. The molecule has 1 fully saturated rings. The van der Waals surface area contributed by atoms with E-state index < -0.39 is 6.61 Å². The molecule has 0 aliphatic carbocycles. The highest BCUT2D eigenvalue weighted by Gasteiger charge is 2.18. The molecule has 0 unspecified atom stereocenters. The summed E-state index contributed by atoms with van der Waals surface area (Å²) >= 11 is 0.